The number of halogens is 1. The number of aliphatic hydroxyl groups excluding tert-OH is 1. The third-order valence-electron chi connectivity index (χ3n) is 6.18. The first kappa shape index (κ1) is 23.1. The first-order valence-corrected chi connectivity index (χ1v) is 13.4. The van der Waals surface area contributed by atoms with E-state index < -0.39 is 10.0 Å². The number of hydrogen-bond acceptors (Lipinski definition) is 5. The maximum atomic E-state index is 13.1. The lowest BCUT2D eigenvalue weighted by Crippen LogP contribution is -2.38. The summed E-state index contributed by atoms with van der Waals surface area (Å²) in [5.41, 5.74) is 2.77. The Labute approximate surface area is 193 Å². The van der Waals surface area contributed by atoms with Gasteiger partial charge in [-0.2, -0.15) is 0 Å². The zero-order valence-corrected chi connectivity index (χ0v) is 20.7. The average Bonchev–Trinajstić information content (AvgIpc) is 3.21. The van der Waals surface area contributed by atoms with Crippen LogP contribution in [0.5, 0.6) is 0 Å². The number of thioether (sulfide) groups is 1. The molecule has 1 aliphatic heterocycles. The Bertz CT molecular complexity index is 1080. The molecule has 170 valence electrons. The van der Waals surface area contributed by atoms with Gasteiger partial charge in [-0.05, 0) is 50.2 Å². The summed E-state index contributed by atoms with van der Waals surface area (Å²) in [5, 5.41) is 11.3. The SMILES string of the molecule is Cc1nc2n(c1-c1ccc(Cl)c(S(=O)(=O)N[C@H]3CC[C@@H](O)CC3)c1)CC(C(C)(C)C)S2. The quantitative estimate of drug-likeness (QED) is 0.663. The molecule has 6 nitrogen and oxygen atoms in total. The molecule has 1 aromatic heterocycles. The number of fused-ring (bicyclic) bond motifs is 1. The maximum absolute atomic E-state index is 13.1. The highest BCUT2D eigenvalue weighted by Gasteiger charge is 2.35. The fraction of sp³-hybridized carbons (Fsp3) is 0.591. The number of hydrogen-bond donors (Lipinski definition) is 2. The smallest absolute Gasteiger partial charge is 0.242 e. The van der Waals surface area contributed by atoms with Gasteiger partial charge in [-0.15, -0.1) is 0 Å². The van der Waals surface area contributed by atoms with Crippen molar-refractivity contribution < 1.29 is 13.5 Å². The van der Waals surface area contributed by atoms with E-state index in [4.69, 9.17) is 16.6 Å². The van der Waals surface area contributed by atoms with E-state index in [0.29, 0.717) is 30.9 Å². The normalized spacial score (nSPS) is 24.4. The Morgan fingerprint density at radius 2 is 1.90 bits per heavy atom. The lowest BCUT2D eigenvalue weighted by molar-refractivity contribution is 0.120. The minimum Gasteiger partial charge on any atom is -0.393 e. The van der Waals surface area contributed by atoms with E-state index in [1.807, 2.05) is 13.0 Å². The summed E-state index contributed by atoms with van der Waals surface area (Å²) < 4.78 is 31.3. The molecule has 0 spiro atoms. The Balaban J connectivity index is 1.66. The van der Waals surface area contributed by atoms with Gasteiger partial charge in [0.25, 0.3) is 0 Å². The molecule has 1 unspecified atom stereocenters. The third-order valence-corrected chi connectivity index (χ3v) is 9.85. The molecule has 4 rings (SSSR count). The van der Waals surface area contributed by atoms with E-state index in [2.05, 4.69) is 30.1 Å². The molecule has 1 saturated carbocycles. The van der Waals surface area contributed by atoms with Gasteiger partial charge in [-0.3, -0.25) is 0 Å². The van der Waals surface area contributed by atoms with Crippen LogP contribution in [0, 0.1) is 12.3 Å². The van der Waals surface area contributed by atoms with Gasteiger partial charge >= 0.3 is 0 Å². The van der Waals surface area contributed by atoms with E-state index in [9.17, 15) is 13.5 Å². The molecular weight excluding hydrogens is 454 g/mol. The van der Waals surface area contributed by atoms with Crippen molar-refractivity contribution in [3.63, 3.8) is 0 Å². The zero-order valence-electron chi connectivity index (χ0n) is 18.4. The minimum absolute atomic E-state index is 0.0887. The molecule has 0 saturated heterocycles. The van der Waals surface area contributed by atoms with E-state index in [1.54, 1.807) is 23.9 Å². The van der Waals surface area contributed by atoms with Crippen LogP contribution >= 0.6 is 23.4 Å². The number of sulfonamides is 1. The molecule has 1 aliphatic carbocycles. The first-order chi connectivity index (χ1) is 14.5. The molecule has 2 aliphatic rings. The zero-order chi connectivity index (χ0) is 22.6. The van der Waals surface area contributed by atoms with Gasteiger partial charge in [0.05, 0.1) is 22.5 Å². The topological polar surface area (TPSA) is 84.2 Å². The molecule has 2 heterocycles. The van der Waals surface area contributed by atoms with Crippen LogP contribution in [0.4, 0.5) is 0 Å². The second kappa shape index (κ2) is 8.37. The Morgan fingerprint density at radius 3 is 2.55 bits per heavy atom. The highest BCUT2D eigenvalue weighted by Crippen LogP contribution is 2.44. The van der Waals surface area contributed by atoms with Crippen molar-refractivity contribution in [1.29, 1.82) is 0 Å². The molecule has 2 aromatic rings. The fourth-order valence-corrected chi connectivity index (χ4v) is 7.43. The van der Waals surface area contributed by atoms with Crippen molar-refractivity contribution in [1.82, 2.24) is 14.3 Å². The summed E-state index contributed by atoms with van der Waals surface area (Å²) in [4.78, 5) is 4.84. The summed E-state index contributed by atoms with van der Waals surface area (Å²) in [6.07, 6.45) is 2.12. The highest BCUT2D eigenvalue weighted by atomic mass is 35.5. The van der Waals surface area contributed by atoms with E-state index in [-0.39, 0.29) is 27.5 Å². The van der Waals surface area contributed by atoms with Crippen molar-refractivity contribution in [2.45, 2.75) is 87.4 Å². The van der Waals surface area contributed by atoms with Crippen LogP contribution in [0.2, 0.25) is 5.02 Å². The van der Waals surface area contributed by atoms with Gasteiger partial charge in [-0.25, -0.2) is 18.1 Å². The van der Waals surface area contributed by atoms with Gasteiger partial charge in [0.15, 0.2) is 5.16 Å². The molecule has 0 radical (unpaired) electrons. The third kappa shape index (κ3) is 4.69. The summed E-state index contributed by atoms with van der Waals surface area (Å²) in [6, 6.07) is 5.00. The number of aryl methyl sites for hydroxylation is 1. The number of nitrogens with one attached hydrogen (secondary N) is 1. The van der Waals surface area contributed by atoms with Gasteiger partial charge in [0.1, 0.15) is 4.90 Å². The summed E-state index contributed by atoms with van der Waals surface area (Å²) in [6.45, 7) is 9.49. The lowest BCUT2D eigenvalue weighted by Gasteiger charge is -2.26. The molecule has 0 amide bonds. The molecule has 1 atom stereocenters. The molecule has 0 bridgehead atoms. The van der Waals surface area contributed by atoms with Crippen molar-refractivity contribution in [2.75, 3.05) is 0 Å². The summed E-state index contributed by atoms with van der Waals surface area (Å²) in [7, 11) is -3.78. The van der Waals surface area contributed by atoms with Crippen molar-refractivity contribution in [2.24, 2.45) is 5.41 Å². The maximum Gasteiger partial charge on any atom is 0.242 e. The largest absolute Gasteiger partial charge is 0.393 e. The van der Waals surface area contributed by atoms with Crippen LogP contribution in [0.1, 0.15) is 52.1 Å². The molecule has 31 heavy (non-hydrogen) atoms. The van der Waals surface area contributed by atoms with E-state index in [0.717, 1.165) is 28.7 Å². The van der Waals surface area contributed by atoms with Crippen LogP contribution in [-0.2, 0) is 16.6 Å². The van der Waals surface area contributed by atoms with Gasteiger partial charge in [0.2, 0.25) is 10.0 Å². The number of benzene rings is 1. The predicted octanol–water partition coefficient (Wildman–Crippen LogP) is 4.61. The highest BCUT2D eigenvalue weighted by molar-refractivity contribution is 8.00. The van der Waals surface area contributed by atoms with Gasteiger partial charge in [0, 0.05) is 23.4 Å². The summed E-state index contributed by atoms with van der Waals surface area (Å²) in [5.74, 6) is 0. The van der Waals surface area contributed by atoms with Crippen molar-refractivity contribution in [3.8, 4) is 11.3 Å². The number of nitrogens with zero attached hydrogens (tertiary/aromatic N) is 2. The lowest BCUT2D eigenvalue weighted by atomic mass is 9.91. The second-order valence-electron chi connectivity index (χ2n) is 9.68. The van der Waals surface area contributed by atoms with E-state index >= 15 is 0 Å². The Kier molecular flexibility index (Phi) is 6.24. The van der Waals surface area contributed by atoms with Gasteiger partial charge < -0.3 is 9.67 Å². The van der Waals surface area contributed by atoms with E-state index in [1.165, 1.54) is 0 Å². The van der Waals surface area contributed by atoms with Crippen LogP contribution in [-0.4, -0.2) is 40.5 Å². The van der Waals surface area contributed by atoms with Crippen LogP contribution < -0.4 is 4.72 Å². The standard InChI is InChI=1S/C22H30ClN3O3S2/c1-13-20(26-12-19(22(2,3)4)30-21(26)24-13)14-5-10-17(23)18(11-14)31(28,29)25-15-6-8-16(27)9-7-15/h5,10-11,15-16,19,25,27H,6-9,12H2,1-4H3/t15-,16+,19?. The van der Waals surface area contributed by atoms with Crippen molar-refractivity contribution >= 4 is 33.4 Å². The average molecular weight is 484 g/mol. The number of imidazole rings is 1. The second-order valence-corrected chi connectivity index (χ2v) is 12.9. The Morgan fingerprint density at radius 1 is 1.23 bits per heavy atom. The van der Waals surface area contributed by atoms with Gasteiger partial charge in [-0.1, -0.05) is 50.2 Å². The predicted molar refractivity (Wildman–Crippen MR) is 125 cm³/mol. The molecule has 1 aromatic carbocycles. The number of aliphatic hydroxyl groups is 1. The molecule has 9 heteroatoms. The molecule has 2 N–H and O–H groups in total. The molecule has 1 fully saturated rings. The van der Waals surface area contributed by atoms with Crippen molar-refractivity contribution in [3.05, 3.63) is 28.9 Å². The van der Waals surface area contributed by atoms with Crippen LogP contribution in [0.25, 0.3) is 11.3 Å². The van der Waals surface area contributed by atoms with Crippen LogP contribution in [0.3, 0.4) is 0 Å². The Hall–Kier alpha value is -1.06. The number of aromatic nitrogens is 2. The fourth-order valence-electron chi connectivity index (χ4n) is 4.29. The summed E-state index contributed by atoms with van der Waals surface area (Å²) >= 11 is 8.12. The minimum atomic E-state index is -3.78. The monoisotopic (exact) mass is 483 g/mol. The first-order valence-electron chi connectivity index (χ1n) is 10.7. The van der Waals surface area contributed by atoms with Crippen LogP contribution in [0.15, 0.2) is 28.3 Å². The molecular formula is C22H30ClN3O3S2. The number of rotatable bonds is 4.